The molecule has 4 N–H and O–H groups in total. The molecule has 13 heteroatoms. The van der Waals surface area contributed by atoms with Gasteiger partial charge in [0.05, 0.1) is 12.9 Å². The molecular weight excluding hydrogens is 562 g/mol. The summed E-state index contributed by atoms with van der Waals surface area (Å²) in [6.07, 6.45) is -2.95. The van der Waals surface area contributed by atoms with Crippen LogP contribution >= 0.6 is 0 Å². The minimum Gasteiger partial charge on any atom is -0.387 e. The first-order valence-corrected chi connectivity index (χ1v) is 14.4. The summed E-state index contributed by atoms with van der Waals surface area (Å²) in [7, 11) is -4.99. The molecule has 5 aromatic rings. The number of aliphatic hydroxyl groups is 1. The van der Waals surface area contributed by atoms with Gasteiger partial charge in [-0.15, -0.1) is 0 Å². The van der Waals surface area contributed by atoms with Gasteiger partial charge in [-0.25, -0.2) is 19.1 Å². The number of aromatic nitrogens is 4. The van der Waals surface area contributed by atoms with Crippen molar-refractivity contribution in [1.82, 2.24) is 19.5 Å². The number of benzene rings is 3. The molecule has 4 atom stereocenters. The highest BCUT2D eigenvalue weighted by molar-refractivity contribution is 7.80. The van der Waals surface area contributed by atoms with E-state index in [2.05, 4.69) is 15.0 Å². The molecule has 2 aromatic heterocycles. The Morgan fingerprint density at radius 3 is 1.95 bits per heavy atom. The topological polar surface area (TPSA) is 172 Å². The van der Waals surface area contributed by atoms with E-state index in [1.54, 1.807) is 0 Å². The Morgan fingerprint density at radius 2 is 1.43 bits per heavy atom. The number of hydrogen-bond donors (Lipinski definition) is 3. The lowest BCUT2D eigenvalue weighted by atomic mass is 9.80. The van der Waals surface area contributed by atoms with Gasteiger partial charge in [0.15, 0.2) is 23.8 Å². The molecule has 216 valence electrons. The largest absolute Gasteiger partial charge is 0.397 e. The van der Waals surface area contributed by atoms with Crippen molar-refractivity contribution in [2.45, 2.75) is 30.1 Å². The lowest BCUT2D eigenvalue weighted by Crippen LogP contribution is -2.40. The molecule has 3 aromatic carbocycles. The molecule has 42 heavy (non-hydrogen) atoms. The Bertz CT molecular complexity index is 1680. The van der Waals surface area contributed by atoms with E-state index in [9.17, 15) is 18.1 Å². The normalized spacial score (nSPS) is 21.1. The molecule has 6 rings (SSSR count). The monoisotopic (exact) mass is 589 g/mol. The zero-order chi connectivity index (χ0) is 29.3. The standard InChI is InChI=1S/C29H27N5O7S/c30-26-23-27(32-17-31-26)34(18-33-23)28-25(41-42(36,37)38)24(35)22(40-28)16-39-29(19-10-4-1-5-11-19,20-12-6-2-7-13-20)21-14-8-3-9-15-21/h1-15,17-18,22,24-25,28,35H,16H2,(H2,30,31,32)(H,36,37,38)/t22-,24+,25-,28-/m1/s1. The van der Waals surface area contributed by atoms with Crippen molar-refractivity contribution in [2.24, 2.45) is 0 Å². The molecule has 0 spiro atoms. The molecule has 0 bridgehead atoms. The van der Waals surface area contributed by atoms with Gasteiger partial charge in [0, 0.05) is 0 Å². The molecule has 1 fully saturated rings. The van der Waals surface area contributed by atoms with Crippen LogP contribution in [0.15, 0.2) is 104 Å². The number of nitrogens with two attached hydrogens (primary N) is 1. The van der Waals surface area contributed by atoms with Crippen LogP contribution in [0.3, 0.4) is 0 Å². The third-order valence-corrected chi connectivity index (χ3v) is 7.68. The van der Waals surface area contributed by atoms with Crippen LogP contribution in [0.4, 0.5) is 5.82 Å². The SMILES string of the molecule is Nc1ncnc2c1ncn2[C@@H]1O[C@H](COC(c2ccccc2)(c2ccccc2)c2ccccc2)[C@H](O)[C@H]1OS(=O)(=O)O. The smallest absolute Gasteiger partial charge is 0.387 e. The summed E-state index contributed by atoms with van der Waals surface area (Å²) in [5, 5.41) is 11.3. The fraction of sp³-hybridized carbons (Fsp3) is 0.207. The van der Waals surface area contributed by atoms with Crippen molar-refractivity contribution in [1.29, 1.82) is 0 Å². The highest BCUT2D eigenvalue weighted by Crippen LogP contribution is 2.42. The van der Waals surface area contributed by atoms with E-state index in [-0.39, 0.29) is 23.6 Å². The van der Waals surface area contributed by atoms with Crippen LogP contribution in [-0.4, -0.2) is 62.5 Å². The maximum atomic E-state index is 11.8. The fourth-order valence-electron chi connectivity index (χ4n) is 5.36. The van der Waals surface area contributed by atoms with Crippen LogP contribution in [0.5, 0.6) is 0 Å². The Hall–Kier alpha value is -4.24. The Labute approximate surface area is 241 Å². The van der Waals surface area contributed by atoms with Gasteiger partial charge >= 0.3 is 10.4 Å². The molecule has 3 heterocycles. The number of anilines is 1. The van der Waals surface area contributed by atoms with Crippen LogP contribution in [0, 0.1) is 0 Å². The zero-order valence-corrected chi connectivity index (χ0v) is 22.9. The van der Waals surface area contributed by atoms with Gasteiger partial charge in [-0.05, 0) is 16.7 Å². The van der Waals surface area contributed by atoms with Crippen molar-refractivity contribution in [3.05, 3.63) is 120 Å². The average Bonchev–Trinajstić information content (AvgIpc) is 3.56. The van der Waals surface area contributed by atoms with Crippen molar-refractivity contribution < 1.29 is 31.7 Å². The number of imidazole rings is 1. The highest BCUT2D eigenvalue weighted by atomic mass is 32.3. The van der Waals surface area contributed by atoms with E-state index in [1.807, 2.05) is 91.0 Å². The minimum absolute atomic E-state index is 0.0998. The maximum Gasteiger partial charge on any atom is 0.397 e. The first-order valence-electron chi connectivity index (χ1n) is 13.0. The van der Waals surface area contributed by atoms with E-state index in [0.717, 1.165) is 16.7 Å². The molecule has 12 nitrogen and oxygen atoms in total. The van der Waals surface area contributed by atoms with Crippen molar-refractivity contribution in [3.8, 4) is 0 Å². The van der Waals surface area contributed by atoms with Gasteiger partial charge in [0.2, 0.25) is 0 Å². The van der Waals surface area contributed by atoms with Crippen LogP contribution in [0.25, 0.3) is 11.2 Å². The number of fused-ring (bicyclic) bond motifs is 1. The summed E-state index contributed by atoms with van der Waals surface area (Å²) < 4.78 is 52.4. The van der Waals surface area contributed by atoms with E-state index in [0.29, 0.717) is 0 Å². The predicted molar refractivity (Wildman–Crippen MR) is 151 cm³/mol. The molecule has 0 unspecified atom stereocenters. The molecule has 0 radical (unpaired) electrons. The van der Waals surface area contributed by atoms with Crippen molar-refractivity contribution in [3.63, 3.8) is 0 Å². The lowest BCUT2D eigenvalue weighted by molar-refractivity contribution is -0.0939. The second-order valence-electron chi connectivity index (χ2n) is 9.72. The third kappa shape index (κ3) is 5.13. The predicted octanol–water partition coefficient (Wildman–Crippen LogP) is 2.86. The van der Waals surface area contributed by atoms with Gasteiger partial charge in [-0.1, -0.05) is 91.0 Å². The fourth-order valence-corrected chi connectivity index (χ4v) is 5.85. The summed E-state index contributed by atoms with van der Waals surface area (Å²) in [5.74, 6) is 0.0998. The van der Waals surface area contributed by atoms with E-state index >= 15 is 0 Å². The first-order chi connectivity index (χ1) is 20.3. The third-order valence-electron chi connectivity index (χ3n) is 7.21. The number of rotatable bonds is 9. The van der Waals surface area contributed by atoms with Gasteiger partial charge in [-0.3, -0.25) is 9.12 Å². The minimum atomic E-state index is -4.99. The second kappa shape index (κ2) is 11.2. The highest BCUT2D eigenvalue weighted by Gasteiger charge is 2.50. The molecule has 1 saturated heterocycles. The van der Waals surface area contributed by atoms with Gasteiger partial charge < -0.3 is 20.3 Å². The number of nitrogen functional groups attached to an aromatic ring is 1. The van der Waals surface area contributed by atoms with E-state index in [4.69, 9.17) is 19.4 Å². The molecule has 0 aliphatic carbocycles. The van der Waals surface area contributed by atoms with Gasteiger partial charge in [0.1, 0.15) is 29.7 Å². The Kier molecular flexibility index (Phi) is 7.45. The van der Waals surface area contributed by atoms with Crippen LogP contribution in [0.1, 0.15) is 22.9 Å². The van der Waals surface area contributed by atoms with Crippen LogP contribution < -0.4 is 5.73 Å². The molecule has 0 saturated carbocycles. The Morgan fingerprint density at radius 1 is 0.881 bits per heavy atom. The number of hydrogen-bond acceptors (Lipinski definition) is 10. The Balaban J connectivity index is 1.40. The van der Waals surface area contributed by atoms with Crippen molar-refractivity contribution in [2.75, 3.05) is 12.3 Å². The second-order valence-corrected chi connectivity index (χ2v) is 10.8. The number of nitrogens with zero attached hydrogens (tertiary/aromatic N) is 4. The lowest BCUT2D eigenvalue weighted by Gasteiger charge is -2.37. The summed E-state index contributed by atoms with van der Waals surface area (Å²) in [4.78, 5) is 12.3. The summed E-state index contributed by atoms with van der Waals surface area (Å²) in [6.45, 7) is -0.203. The number of ether oxygens (including phenoxy) is 2. The average molecular weight is 590 g/mol. The molecule has 1 aliphatic heterocycles. The van der Waals surface area contributed by atoms with Crippen molar-refractivity contribution >= 4 is 27.4 Å². The van der Waals surface area contributed by atoms with E-state index < -0.39 is 40.5 Å². The number of aliphatic hydroxyl groups excluding tert-OH is 1. The summed E-state index contributed by atoms with van der Waals surface area (Å²) in [5.41, 5.74) is 7.72. The van der Waals surface area contributed by atoms with Gasteiger partial charge in [-0.2, -0.15) is 8.42 Å². The first kappa shape index (κ1) is 27.9. The summed E-state index contributed by atoms with van der Waals surface area (Å²) >= 11 is 0. The van der Waals surface area contributed by atoms with E-state index in [1.165, 1.54) is 17.2 Å². The van der Waals surface area contributed by atoms with Crippen LogP contribution in [-0.2, 0) is 29.7 Å². The van der Waals surface area contributed by atoms with Gasteiger partial charge in [0.25, 0.3) is 0 Å². The maximum absolute atomic E-state index is 11.8. The summed E-state index contributed by atoms with van der Waals surface area (Å²) in [6, 6.07) is 28.8. The quantitative estimate of drug-likeness (QED) is 0.170. The van der Waals surface area contributed by atoms with Crippen LogP contribution in [0.2, 0.25) is 0 Å². The molecular formula is C29H27N5O7S. The molecule has 0 amide bonds. The zero-order valence-electron chi connectivity index (χ0n) is 22.0. The molecule has 1 aliphatic rings.